The zero-order valence-electron chi connectivity index (χ0n) is 20.7. The zero-order valence-corrected chi connectivity index (χ0v) is 21.5. The van der Waals surface area contributed by atoms with Crippen LogP contribution in [-0.4, -0.2) is 37.0 Å². The number of carbonyl (C=O) groups excluding carboxylic acids is 1. The van der Waals surface area contributed by atoms with E-state index in [-0.39, 0.29) is 22.7 Å². The van der Waals surface area contributed by atoms with Crippen LogP contribution in [0.3, 0.4) is 0 Å². The summed E-state index contributed by atoms with van der Waals surface area (Å²) in [5.41, 5.74) is 2.48. The lowest BCUT2D eigenvalue weighted by Gasteiger charge is -2.17. The van der Waals surface area contributed by atoms with E-state index in [1.807, 2.05) is 18.3 Å². The van der Waals surface area contributed by atoms with Crippen molar-refractivity contribution in [3.05, 3.63) is 93.7 Å². The molecule has 3 heterocycles. The maximum absolute atomic E-state index is 13.1. The van der Waals surface area contributed by atoms with E-state index in [1.54, 1.807) is 49.5 Å². The van der Waals surface area contributed by atoms with Crippen LogP contribution < -0.4 is 20.3 Å². The number of pyridine rings is 2. The van der Waals surface area contributed by atoms with Gasteiger partial charge in [0.25, 0.3) is 17.3 Å². The summed E-state index contributed by atoms with van der Waals surface area (Å²) in [6, 6.07) is 14.4. The number of nitriles is 1. The highest BCUT2D eigenvalue weighted by Crippen LogP contribution is 2.47. The first-order valence-electron chi connectivity index (χ1n) is 12.0. The zero-order chi connectivity index (χ0) is 26.5. The molecule has 0 aliphatic heterocycles. The summed E-state index contributed by atoms with van der Waals surface area (Å²) in [6.45, 7) is 1.33. The van der Waals surface area contributed by atoms with Gasteiger partial charge in [-0.05, 0) is 48.2 Å². The Kier molecular flexibility index (Phi) is 7.35. The molecule has 0 atom stereocenters. The largest absolute Gasteiger partial charge is 0.474 e. The number of nitrogens with one attached hydrogen (secondary N) is 2. The fourth-order valence-electron chi connectivity index (χ4n) is 3.94. The molecule has 1 aliphatic carbocycles. The van der Waals surface area contributed by atoms with Crippen LogP contribution in [0.1, 0.15) is 39.9 Å². The van der Waals surface area contributed by atoms with Crippen LogP contribution in [0.4, 0.5) is 0 Å². The molecule has 3 aromatic heterocycles. The van der Waals surface area contributed by atoms with Crippen LogP contribution in [0, 0.1) is 11.3 Å². The van der Waals surface area contributed by atoms with E-state index in [1.165, 1.54) is 16.8 Å². The molecule has 5 rings (SSSR count). The second kappa shape index (κ2) is 11.0. The molecule has 0 radical (unpaired) electrons. The van der Waals surface area contributed by atoms with Crippen LogP contribution >= 0.6 is 11.9 Å². The third-order valence-electron chi connectivity index (χ3n) is 6.34. The molecule has 0 spiro atoms. The Balaban J connectivity index is 1.26. The van der Waals surface area contributed by atoms with Crippen molar-refractivity contribution in [2.24, 2.45) is 7.05 Å². The summed E-state index contributed by atoms with van der Waals surface area (Å²) in [6.07, 6.45) is 7.09. The summed E-state index contributed by atoms with van der Waals surface area (Å²) in [5, 5.41) is 20.5. The number of hydrogen-bond acceptors (Lipinski definition) is 9. The fourth-order valence-corrected chi connectivity index (χ4v) is 4.91. The van der Waals surface area contributed by atoms with Crippen molar-refractivity contribution in [3.8, 4) is 11.9 Å². The van der Waals surface area contributed by atoms with Crippen molar-refractivity contribution in [2.45, 2.75) is 30.7 Å². The Labute approximate surface area is 223 Å². The van der Waals surface area contributed by atoms with Crippen LogP contribution in [0.2, 0.25) is 0 Å². The Morgan fingerprint density at radius 1 is 1.18 bits per heavy atom. The number of hydrogen-bond donors (Lipinski definition) is 2. The summed E-state index contributed by atoms with van der Waals surface area (Å²) < 4.78 is 10.8. The Hall–Kier alpha value is -4.27. The summed E-state index contributed by atoms with van der Waals surface area (Å²) in [5.74, 6) is -0.241. The first kappa shape index (κ1) is 25.4. The van der Waals surface area contributed by atoms with Gasteiger partial charge < -0.3 is 14.6 Å². The molecule has 1 aromatic carbocycles. The number of rotatable bonds is 10. The van der Waals surface area contributed by atoms with E-state index in [9.17, 15) is 9.59 Å². The second-order valence-corrected chi connectivity index (χ2v) is 10.5. The van der Waals surface area contributed by atoms with Crippen molar-refractivity contribution >= 4 is 28.8 Å². The Bertz CT molecular complexity index is 1560. The van der Waals surface area contributed by atoms with Gasteiger partial charge in [0.1, 0.15) is 17.7 Å². The molecule has 10 nitrogen and oxygen atoms in total. The maximum atomic E-state index is 13.1. The van der Waals surface area contributed by atoms with Gasteiger partial charge in [-0.2, -0.15) is 10.4 Å². The number of nitrogens with zero attached hydrogens (tertiary/aromatic N) is 5. The molecule has 0 saturated heterocycles. The average Bonchev–Trinajstić information content (AvgIpc) is 3.73. The number of carbonyl (C=O) groups is 1. The smallest absolute Gasteiger partial charge is 0.263 e. The number of fused-ring (bicyclic) bond motifs is 1. The average molecular weight is 528 g/mol. The highest BCUT2D eigenvalue weighted by molar-refractivity contribution is 7.99. The predicted molar refractivity (Wildman–Crippen MR) is 143 cm³/mol. The minimum atomic E-state index is -0.496. The van der Waals surface area contributed by atoms with E-state index < -0.39 is 11.5 Å². The number of aromatic nitrogens is 4. The Morgan fingerprint density at radius 3 is 2.71 bits per heavy atom. The first-order valence-corrected chi connectivity index (χ1v) is 12.8. The van der Waals surface area contributed by atoms with Gasteiger partial charge >= 0.3 is 0 Å². The van der Waals surface area contributed by atoms with Crippen LogP contribution in [0.5, 0.6) is 5.88 Å². The molecule has 1 amide bonds. The summed E-state index contributed by atoms with van der Waals surface area (Å²) in [4.78, 5) is 30.1. The quantitative estimate of drug-likeness (QED) is 0.299. The molecule has 4 aromatic rings. The van der Waals surface area contributed by atoms with Crippen molar-refractivity contribution in [1.29, 1.82) is 5.26 Å². The molecular weight excluding hydrogens is 502 g/mol. The van der Waals surface area contributed by atoms with Gasteiger partial charge in [-0.15, -0.1) is 5.10 Å². The van der Waals surface area contributed by atoms with Gasteiger partial charge in [0.2, 0.25) is 0 Å². The number of ether oxygens (including phenoxy) is 1. The van der Waals surface area contributed by atoms with E-state index in [0.717, 1.165) is 24.0 Å². The fraction of sp³-hybridized carbons (Fsp3) is 0.259. The number of aryl methyl sites for hydroxylation is 1. The Morgan fingerprint density at radius 2 is 2.00 bits per heavy atom. The van der Waals surface area contributed by atoms with Crippen molar-refractivity contribution in [1.82, 2.24) is 29.8 Å². The summed E-state index contributed by atoms with van der Waals surface area (Å²) >= 11 is 1.64. The van der Waals surface area contributed by atoms with Crippen molar-refractivity contribution in [3.63, 3.8) is 0 Å². The summed E-state index contributed by atoms with van der Waals surface area (Å²) in [7, 11) is 1.59. The minimum Gasteiger partial charge on any atom is -0.474 e. The van der Waals surface area contributed by atoms with E-state index in [0.29, 0.717) is 29.6 Å². The van der Waals surface area contributed by atoms with E-state index in [2.05, 4.69) is 31.3 Å². The molecule has 1 fully saturated rings. The van der Waals surface area contributed by atoms with Crippen LogP contribution in [0.15, 0.2) is 65.8 Å². The molecule has 1 saturated carbocycles. The molecular formula is C27H25N7O3S. The van der Waals surface area contributed by atoms with Crippen molar-refractivity contribution in [2.75, 3.05) is 6.61 Å². The van der Waals surface area contributed by atoms with E-state index >= 15 is 0 Å². The topological polar surface area (TPSA) is 135 Å². The third-order valence-corrected chi connectivity index (χ3v) is 7.59. The SMILES string of the molecule is Cn1c(=O)c(C(=O)NCc2ccc(C#N)cc2)cc2cnnc(OCC3(SNCc4cccnc4)CC3)c21. The predicted octanol–water partition coefficient (Wildman–Crippen LogP) is 2.87. The highest BCUT2D eigenvalue weighted by atomic mass is 32.2. The number of amides is 1. The lowest BCUT2D eigenvalue weighted by atomic mass is 10.1. The van der Waals surface area contributed by atoms with Gasteiger partial charge in [0, 0.05) is 37.9 Å². The lowest BCUT2D eigenvalue weighted by molar-refractivity contribution is 0.0949. The minimum absolute atomic E-state index is 0.00131. The first-order chi connectivity index (χ1) is 18.5. The molecule has 0 bridgehead atoms. The lowest BCUT2D eigenvalue weighted by Crippen LogP contribution is -2.32. The van der Waals surface area contributed by atoms with Gasteiger partial charge in [0.05, 0.1) is 22.6 Å². The van der Waals surface area contributed by atoms with Crippen LogP contribution in [-0.2, 0) is 20.1 Å². The highest BCUT2D eigenvalue weighted by Gasteiger charge is 2.45. The van der Waals surface area contributed by atoms with Crippen LogP contribution in [0.25, 0.3) is 10.9 Å². The third kappa shape index (κ3) is 5.66. The molecule has 11 heteroatoms. The molecule has 192 valence electrons. The second-order valence-electron chi connectivity index (χ2n) is 9.12. The molecule has 1 aliphatic rings. The molecule has 0 unspecified atom stereocenters. The molecule has 2 N–H and O–H groups in total. The molecule has 38 heavy (non-hydrogen) atoms. The van der Waals surface area contributed by atoms with Gasteiger partial charge in [-0.1, -0.05) is 30.1 Å². The van der Waals surface area contributed by atoms with Gasteiger partial charge in [-0.25, -0.2) is 0 Å². The monoisotopic (exact) mass is 527 g/mol. The van der Waals surface area contributed by atoms with E-state index in [4.69, 9.17) is 10.00 Å². The van der Waals surface area contributed by atoms with Gasteiger partial charge in [-0.3, -0.25) is 19.3 Å². The number of benzene rings is 1. The van der Waals surface area contributed by atoms with Gasteiger partial charge in [0.15, 0.2) is 0 Å². The van der Waals surface area contributed by atoms with Crippen molar-refractivity contribution < 1.29 is 9.53 Å². The standard InChI is InChI=1S/C27H25N7O3S/c1-34-23-21(11-22(26(34)36)24(35)30-14-19-6-4-18(12-28)5-7-19)16-31-33-25(23)37-17-27(8-9-27)38-32-15-20-3-2-10-29-13-20/h2-7,10-11,13,16,32H,8-9,14-15,17H2,1H3,(H,30,35). The maximum Gasteiger partial charge on any atom is 0.263 e. The normalized spacial score (nSPS) is 13.6.